The monoisotopic (exact) mass is 227 g/mol. The molecule has 0 radical (unpaired) electrons. The predicted octanol–water partition coefficient (Wildman–Crippen LogP) is 1.66. The van der Waals surface area contributed by atoms with Crippen LogP contribution in [0.2, 0.25) is 0 Å². The van der Waals surface area contributed by atoms with Crippen molar-refractivity contribution in [2.24, 2.45) is 0 Å². The third-order valence-electron chi connectivity index (χ3n) is 1.86. The maximum Gasteiger partial charge on any atom is 0.347 e. The fourth-order valence-electron chi connectivity index (χ4n) is 1.21. The molecule has 0 aromatic carbocycles. The van der Waals surface area contributed by atoms with Crippen LogP contribution in [-0.4, -0.2) is 21.2 Å². The summed E-state index contributed by atoms with van der Waals surface area (Å²) >= 11 is 3.15. The van der Waals surface area contributed by atoms with E-state index in [2.05, 4.69) is 15.0 Å². The molecular formula is C8H9N3OS2. The first-order valence-electron chi connectivity index (χ1n) is 4.18. The molecule has 0 unspecified atom stereocenters. The van der Waals surface area contributed by atoms with E-state index in [-0.39, 0.29) is 5.69 Å². The van der Waals surface area contributed by atoms with Crippen molar-refractivity contribution >= 4 is 33.4 Å². The molecular weight excluding hydrogens is 218 g/mol. The number of thiazole rings is 1. The number of H-pyrrole nitrogens is 1. The van der Waals surface area contributed by atoms with Crippen molar-refractivity contribution in [3.05, 3.63) is 16.2 Å². The number of hydrogen-bond acceptors (Lipinski definition) is 5. The average Bonchev–Trinajstić information content (AvgIpc) is 2.59. The van der Waals surface area contributed by atoms with Crippen LogP contribution in [0, 0.1) is 0 Å². The number of aryl methyl sites for hydroxylation is 1. The quantitative estimate of drug-likeness (QED) is 0.793. The molecule has 0 saturated carbocycles. The molecule has 2 aromatic rings. The van der Waals surface area contributed by atoms with Crippen LogP contribution in [0.3, 0.4) is 0 Å². The second-order valence-corrected chi connectivity index (χ2v) is 4.76. The number of fused-ring (bicyclic) bond motifs is 1. The number of nitrogens with one attached hydrogen (secondary N) is 1. The average molecular weight is 227 g/mol. The largest absolute Gasteiger partial charge is 0.347 e. The summed E-state index contributed by atoms with van der Waals surface area (Å²) in [7, 11) is 0. The van der Waals surface area contributed by atoms with Crippen molar-refractivity contribution in [1.29, 1.82) is 0 Å². The molecule has 14 heavy (non-hydrogen) atoms. The van der Waals surface area contributed by atoms with E-state index >= 15 is 0 Å². The van der Waals surface area contributed by atoms with Crippen LogP contribution in [0.5, 0.6) is 0 Å². The smallest absolute Gasteiger partial charge is 0.308 e. The first-order valence-corrected chi connectivity index (χ1v) is 6.22. The Morgan fingerprint density at radius 1 is 1.50 bits per heavy atom. The summed E-state index contributed by atoms with van der Waals surface area (Å²) < 4.78 is 1.94. The van der Waals surface area contributed by atoms with Crippen molar-refractivity contribution < 1.29 is 0 Å². The fourth-order valence-corrected chi connectivity index (χ4v) is 2.78. The molecule has 0 aliphatic rings. The van der Waals surface area contributed by atoms with Gasteiger partial charge < -0.3 is 4.98 Å². The third-order valence-corrected chi connectivity index (χ3v) is 3.95. The molecule has 0 fully saturated rings. The van der Waals surface area contributed by atoms with Crippen molar-refractivity contribution in [1.82, 2.24) is 15.0 Å². The number of nitrogens with zero attached hydrogens (tertiary/aromatic N) is 2. The van der Waals surface area contributed by atoms with Gasteiger partial charge in [0.1, 0.15) is 0 Å². The molecule has 6 heteroatoms. The van der Waals surface area contributed by atoms with Gasteiger partial charge >= 0.3 is 5.69 Å². The summed E-state index contributed by atoms with van der Waals surface area (Å²) in [5.74, 6) is 0. The van der Waals surface area contributed by atoms with Gasteiger partial charge in [-0.25, -0.2) is 9.78 Å². The second-order valence-electron chi connectivity index (χ2n) is 2.71. The Bertz CT molecular complexity index is 517. The summed E-state index contributed by atoms with van der Waals surface area (Å²) in [5.41, 5.74) is 1.19. The first-order chi connectivity index (χ1) is 6.74. The Hall–Kier alpha value is -0.880. The van der Waals surface area contributed by atoms with Crippen molar-refractivity contribution in [2.45, 2.75) is 17.7 Å². The molecule has 2 heterocycles. The number of thioether (sulfide) groups is 1. The van der Waals surface area contributed by atoms with Crippen molar-refractivity contribution in [3.8, 4) is 0 Å². The zero-order valence-corrected chi connectivity index (χ0v) is 9.46. The topological polar surface area (TPSA) is 58.6 Å². The Morgan fingerprint density at radius 2 is 2.29 bits per heavy atom. The fraction of sp³-hybridized carbons (Fsp3) is 0.375. The maximum atomic E-state index is 11.2. The van der Waals surface area contributed by atoms with E-state index in [4.69, 9.17) is 0 Å². The van der Waals surface area contributed by atoms with Gasteiger partial charge in [-0.15, -0.1) is 11.3 Å². The van der Waals surface area contributed by atoms with Crippen LogP contribution in [-0.2, 0) is 6.42 Å². The second kappa shape index (κ2) is 3.70. The lowest BCUT2D eigenvalue weighted by Crippen LogP contribution is -2.12. The standard InChI is InChI=1S/C8H9N3OS2/c1-3-4-5-6(10-7(12)9-4)11-8(13-2)14-5/h3H2,1-2H3,(H,9,10,12). The highest BCUT2D eigenvalue weighted by molar-refractivity contribution is 8.00. The van der Waals surface area contributed by atoms with Gasteiger partial charge in [-0.05, 0) is 12.7 Å². The number of rotatable bonds is 2. The van der Waals surface area contributed by atoms with Gasteiger partial charge in [-0.1, -0.05) is 18.7 Å². The summed E-state index contributed by atoms with van der Waals surface area (Å²) in [4.78, 5) is 22.0. The molecule has 0 atom stereocenters. The van der Waals surface area contributed by atoms with Crippen LogP contribution in [0.1, 0.15) is 12.6 Å². The first kappa shape index (κ1) is 9.67. The van der Waals surface area contributed by atoms with Gasteiger partial charge in [-0.2, -0.15) is 4.98 Å². The van der Waals surface area contributed by atoms with Gasteiger partial charge in [0.2, 0.25) is 0 Å². The Labute approximate surface area is 88.8 Å². The molecule has 1 N–H and O–H groups in total. The summed E-state index contributed by atoms with van der Waals surface area (Å²) in [6.07, 6.45) is 2.76. The van der Waals surface area contributed by atoms with E-state index < -0.39 is 0 Å². The lowest BCUT2D eigenvalue weighted by Gasteiger charge is -1.94. The molecule has 0 aliphatic carbocycles. The minimum absolute atomic E-state index is 0.313. The van der Waals surface area contributed by atoms with Crippen LogP contribution in [0.15, 0.2) is 9.13 Å². The van der Waals surface area contributed by atoms with E-state index in [1.54, 1.807) is 23.1 Å². The van der Waals surface area contributed by atoms with Gasteiger partial charge in [0.25, 0.3) is 0 Å². The molecule has 74 valence electrons. The predicted molar refractivity (Wildman–Crippen MR) is 59.2 cm³/mol. The summed E-state index contributed by atoms with van der Waals surface area (Å²) in [5, 5.41) is 0. The summed E-state index contributed by atoms with van der Waals surface area (Å²) in [6.45, 7) is 2.00. The maximum absolute atomic E-state index is 11.2. The van der Waals surface area contributed by atoms with E-state index in [1.165, 1.54) is 0 Å². The molecule has 0 aliphatic heterocycles. The zero-order chi connectivity index (χ0) is 10.1. The lowest BCUT2D eigenvalue weighted by atomic mass is 10.3. The highest BCUT2D eigenvalue weighted by Gasteiger charge is 2.09. The number of aromatic amines is 1. The molecule has 0 amide bonds. The van der Waals surface area contributed by atoms with Crippen LogP contribution in [0.25, 0.3) is 10.3 Å². The van der Waals surface area contributed by atoms with E-state index in [1.807, 2.05) is 13.2 Å². The zero-order valence-electron chi connectivity index (χ0n) is 7.83. The summed E-state index contributed by atoms with van der Waals surface area (Å²) in [6, 6.07) is 0. The van der Waals surface area contributed by atoms with Gasteiger partial charge in [0.05, 0.1) is 4.70 Å². The number of aromatic nitrogens is 3. The molecule has 2 aromatic heterocycles. The molecule has 0 bridgehead atoms. The van der Waals surface area contributed by atoms with Crippen molar-refractivity contribution in [3.63, 3.8) is 0 Å². The Morgan fingerprint density at radius 3 is 2.93 bits per heavy atom. The van der Waals surface area contributed by atoms with Gasteiger partial charge in [0, 0.05) is 5.69 Å². The van der Waals surface area contributed by atoms with Gasteiger partial charge in [0.15, 0.2) is 9.99 Å². The van der Waals surface area contributed by atoms with E-state index in [0.29, 0.717) is 5.65 Å². The third kappa shape index (κ3) is 1.55. The lowest BCUT2D eigenvalue weighted by molar-refractivity contribution is 0.986. The molecule has 4 nitrogen and oxygen atoms in total. The van der Waals surface area contributed by atoms with E-state index in [9.17, 15) is 4.79 Å². The highest BCUT2D eigenvalue weighted by atomic mass is 32.2. The Balaban J connectivity index is 2.78. The SMILES string of the molecule is CCc1[nH]c(=O)nc2nc(SC)sc12. The van der Waals surface area contributed by atoms with Crippen LogP contribution >= 0.6 is 23.1 Å². The van der Waals surface area contributed by atoms with Crippen LogP contribution < -0.4 is 5.69 Å². The van der Waals surface area contributed by atoms with Gasteiger partial charge in [-0.3, -0.25) is 0 Å². The molecule has 0 saturated heterocycles. The molecule has 2 rings (SSSR count). The minimum atomic E-state index is -0.313. The van der Waals surface area contributed by atoms with Crippen molar-refractivity contribution in [2.75, 3.05) is 6.26 Å². The van der Waals surface area contributed by atoms with Crippen LogP contribution in [0.4, 0.5) is 0 Å². The highest BCUT2D eigenvalue weighted by Crippen LogP contribution is 2.27. The number of hydrogen-bond donors (Lipinski definition) is 1. The van der Waals surface area contributed by atoms with E-state index in [0.717, 1.165) is 21.2 Å². The Kier molecular flexibility index (Phi) is 2.56. The molecule has 0 spiro atoms. The minimum Gasteiger partial charge on any atom is -0.308 e. The normalized spacial score (nSPS) is 11.0.